The van der Waals surface area contributed by atoms with Gasteiger partial charge in [-0.05, 0) is 60.7 Å². The van der Waals surface area contributed by atoms with E-state index in [4.69, 9.17) is 21.4 Å². The van der Waals surface area contributed by atoms with Crippen molar-refractivity contribution < 1.29 is 32.2 Å². The molecule has 1 aliphatic carbocycles. The molecule has 0 bridgehead atoms. The third kappa shape index (κ3) is 6.74. The Balaban J connectivity index is 1.82. The van der Waals surface area contributed by atoms with Crippen molar-refractivity contribution in [3.63, 3.8) is 0 Å². The highest BCUT2D eigenvalue weighted by atomic mass is 35.5. The Labute approximate surface area is 234 Å². The fourth-order valence-corrected chi connectivity index (χ4v) is 5.40. The highest BCUT2D eigenvalue weighted by Gasteiger charge is 2.45. The number of aromatic nitrogens is 1. The molecule has 1 aromatic heterocycles. The maximum Gasteiger partial charge on any atom is 0.416 e. The molecule has 40 heavy (non-hydrogen) atoms. The van der Waals surface area contributed by atoms with Crippen LogP contribution in [0.1, 0.15) is 54.5 Å². The van der Waals surface area contributed by atoms with Crippen molar-refractivity contribution in [2.75, 3.05) is 13.2 Å². The Morgan fingerprint density at radius 1 is 1.12 bits per heavy atom. The number of halogens is 5. The zero-order valence-corrected chi connectivity index (χ0v) is 22.5. The number of amides is 2. The molecule has 3 N–H and O–H groups in total. The van der Waals surface area contributed by atoms with Crippen molar-refractivity contribution in [1.82, 2.24) is 15.6 Å². The van der Waals surface area contributed by atoms with Crippen molar-refractivity contribution in [2.24, 2.45) is 0 Å². The third-order valence-corrected chi connectivity index (χ3v) is 7.46. The largest absolute Gasteiger partial charge is 0.416 e. The van der Waals surface area contributed by atoms with E-state index in [1.54, 1.807) is 37.3 Å². The van der Waals surface area contributed by atoms with Crippen molar-refractivity contribution in [3.8, 4) is 0 Å². The van der Waals surface area contributed by atoms with Crippen LogP contribution in [0.5, 0.6) is 0 Å². The average Bonchev–Trinajstić information content (AvgIpc) is 3.37. The second-order valence-electron chi connectivity index (χ2n) is 9.85. The second-order valence-corrected chi connectivity index (χ2v) is 10.3. The monoisotopic (exact) mass is 579 g/mol. The molecule has 3 aromatic rings. The molecule has 3 unspecified atom stereocenters. The highest BCUT2D eigenvalue weighted by Crippen LogP contribution is 2.44. The van der Waals surface area contributed by atoms with Gasteiger partial charge in [0, 0.05) is 18.2 Å². The summed E-state index contributed by atoms with van der Waals surface area (Å²) in [6.45, 7) is 1.81. The fraction of sp³-hybridized carbons (Fsp3) is 0.379. The van der Waals surface area contributed by atoms with Crippen LogP contribution in [0.2, 0.25) is 5.02 Å². The van der Waals surface area contributed by atoms with E-state index in [9.17, 15) is 22.4 Å². The van der Waals surface area contributed by atoms with E-state index in [0.29, 0.717) is 30.9 Å². The smallest absolute Gasteiger partial charge is 0.394 e. The first kappa shape index (κ1) is 29.8. The van der Waals surface area contributed by atoms with Crippen LogP contribution in [0.25, 0.3) is 0 Å². The molecule has 11 heteroatoms. The number of carbonyl (C=O) groups is 1. The molecule has 4 rings (SSSR count). The van der Waals surface area contributed by atoms with Gasteiger partial charge in [0.15, 0.2) is 0 Å². The number of alkyl halides is 3. The maximum absolute atomic E-state index is 14.8. The predicted octanol–water partition coefficient (Wildman–Crippen LogP) is 6.17. The Kier molecular flexibility index (Phi) is 9.33. The van der Waals surface area contributed by atoms with E-state index >= 15 is 0 Å². The summed E-state index contributed by atoms with van der Waals surface area (Å²) >= 11 is 6.09. The van der Waals surface area contributed by atoms with Gasteiger partial charge in [-0.25, -0.2) is 9.18 Å². The van der Waals surface area contributed by atoms with E-state index in [1.807, 2.05) is 0 Å². The van der Waals surface area contributed by atoms with E-state index in [1.165, 1.54) is 18.3 Å². The second kappa shape index (κ2) is 12.5. The lowest BCUT2D eigenvalue weighted by atomic mass is 9.72. The lowest BCUT2D eigenvalue weighted by molar-refractivity contribution is -0.137. The molecule has 2 amide bonds. The molecule has 0 saturated heterocycles. The minimum atomic E-state index is -4.83. The quantitative estimate of drug-likeness (QED) is 0.265. The molecule has 2 aromatic carbocycles. The van der Waals surface area contributed by atoms with Crippen LogP contribution in [0, 0.1) is 5.82 Å². The van der Waals surface area contributed by atoms with Crippen LogP contribution in [-0.4, -0.2) is 41.5 Å². The zero-order chi connectivity index (χ0) is 28.9. The van der Waals surface area contributed by atoms with Gasteiger partial charge in [0.25, 0.3) is 0 Å². The van der Waals surface area contributed by atoms with Gasteiger partial charge in [-0.2, -0.15) is 13.2 Å². The van der Waals surface area contributed by atoms with Crippen LogP contribution in [0.3, 0.4) is 0 Å². The van der Waals surface area contributed by atoms with Gasteiger partial charge in [0.05, 0.1) is 35.6 Å². The van der Waals surface area contributed by atoms with E-state index < -0.39 is 35.0 Å². The summed E-state index contributed by atoms with van der Waals surface area (Å²) in [7, 11) is 0. The number of urea groups is 1. The number of pyridine rings is 1. The topological polar surface area (TPSA) is 83.5 Å². The van der Waals surface area contributed by atoms with Crippen LogP contribution in [0.4, 0.5) is 22.4 Å². The van der Waals surface area contributed by atoms with Gasteiger partial charge in [-0.1, -0.05) is 48.9 Å². The number of benzene rings is 2. The van der Waals surface area contributed by atoms with Gasteiger partial charge in [-0.15, -0.1) is 0 Å². The molecule has 214 valence electrons. The summed E-state index contributed by atoms with van der Waals surface area (Å²) in [5.41, 5.74) is -2.20. The molecule has 0 radical (unpaired) electrons. The summed E-state index contributed by atoms with van der Waals surface area (Å²) in [6.07, 6.45) is -1.85. The minimum absolute atomic E-state index is 0.114. The van der Waals surface area contributed by atoms with Crippen LogP contribution >= 0.6 is 11.6 Å². The number of aliphatic hydroxyl groups is 1. The molecule has 1 aliphatic rings. The Morgan fingerprint density at radius 3 is 2.50 bits per heavy atom. The molecular formula is C29H30ClF4N3O3. The van der Waals surface area contributed by atoms with Crippen LogP contribution in [-0.2, 0) is 16.5 Å². The molecular weight excluding hydrogens is 550 g/mol. The SMILES string of the molecule is CC(c1ccccc1)[C@](NC(=O)NC1CCC(OCCO)C1)(c1cc(F)cc(C(F)(F)F)c1)c1ccc(Cl)cn1. The fourth-order valence-electron chi connectivity index (χ4n) is 5.29. The van der Waals surface area contributed by atoms with Gasteiger partial charge in [-0.3, -0.25) is 4.98 Å². The van der Waals surface area contributed by atoms with Gasteiger partial charge >= 0.3 is 12.2 Å². The summed E-state index contributed by atoms with van der Waals surface area (Å²) in [5, 5.41) is 15.1. The predicted molar refractivity (Wildman–Crippen MR) is 142 cm³/mol. The first-order valence-corrected chi connectivity index (χ1v) is 13.3. The Morgan fingerprint density at radius 2 is 1.85 bits per heavy atom. The normalized spacial score (nSPS) is 19.6. The lowest BCUT2D eigenvalue weighted by Crippen LogP contribution is -2.55. The van der Waals surface area contributed by atoms with E-state index in [2.05, 4.69) is 15.6 Å². The maximum atomic E-state index is 14.8. The van der Waals surface area contributed by atoms with E-state index in [0.717, 1.165) is 12.1 Å². The highest BCUT2D eigenvalue weighted by molar-refractivity contribution is 6.30. The van der Waals surface area contributed by atoms with Gasteiger partial charge in [0.1, 0.15) is 11.4 Å². The van der Waals surface area contributed by atoms with Crippen molar-refractivity contribution in [1.29, 1.82) is 0 Å². The summed E-state index contributed by atoms with van der Waals surface area (Å²) in [5.74, 6) is -1.81. The molecule has 1 fully saturated rings. The molecule has 1 saturated carbocycles. The number of ether oxygens (including phenoxy) is 1. The summed E-state index contributed by atoms with van der Waals surface area (Å²) in [4.78, 5) is 18.0. The Hall–Kier alpha value is -3.21. The number of aliphatic hydroxyl groups excluding tert-OH is 1. The molecule has 0 spiro atoms. The molecule has 1 heterocycles. The summed E-state index contributed by atoms with van der Waals surface area (Å²) in [6, 6.07) is 13.2. The number of nitrogens with zero attached hydrogens (tertiary/aromatic N) is 1. The molecule has 6 nitrogen and oxygen atoms in total. The third-order valence-electron chi connectivity index (χ3n) is 7.24. The lowest BCUT2D eigenvalue weighted by Gasteiger charge is -2.41. The molecule has 4 atom stereocenters. The van der Waals surface area contributed by atoms with Crippen LogP contribution in [0.15, 0.2) is 66.9 Å². The minimum Gasteiger partial charge on any atom is -0.394 e. The van der Waals surface area contributed by atoms with Crippen molar-refractivity contribution in [3.05, 3.63) is 100 Å². The number of rotatable bonds is 9. The van der Waals surface area contributed by atoms with Crippen molar-refractivity contribution >= 4 is 17.6 Å². The number of hydrogen-bond acceptors (Lipinski definition) is 4. The average molecular weight is 580 g/mol. The molecule has 0 aliphatic heterocycles. The van der Waals surface area contributed by atoms with Crippen LogP contribution < -0.4 is 10.6 Å². The van der Waals surface area contributed by atoms with Gasteiger partial charge in [0.2, 0.25) is 0 Å². The number of hydrogen-bond donors (Lipinski definition) is 3. The van der Waals surface area contributed by atoms with E-state index in [-0.39, 0.29) is 41.6 Å². The Bertz CT molecular complexity index is 1290. The van der Waals surface area contributed by atoms with Crippen molar-refractivity contribution in [2.45, 2.75) is 56.0 Å². The first-order chi connectivity index (χ1) is 19.0. The number of nitrogens with one attached hydrogen (secondary N) is 2. The summed E-state index contributed by atoms with van der Waals surface area (Å²) < 4.78 is 62.0. The first-order valence-electron chi connectivity index (χ1n) is 12.9. The standard InChI is InChI=1S/C29H30ClF4N3O3/c1-18(19-5-3-2-4-6-19)28(26-10-7-22(30)17-35-26,20-13-21(29(32,33)34)15-23(31)14-20)37-27(39)36-24-8-9-25(16-24)40-12-11-38/h2-7,10,13-15,17-18,24-25,38H,8-9,11-12,16H2,1H3,(H2,36,37,39)/t18?,24?,25?,28-/m0/s1. The number of carbonyl (C=O) groups excluding carboxylic acids is 1. The zero-order valence-electron chi connectivity index (χ0n) is 21.7. The van der Waals surface area contributed by atoms with Gasteiger partial charge < -0.3 is 20.5 Å².